The molecular weight excluding hydrogens is 305 g/mol. The molecule has 2 aromatic rings. The Bertz CT molecular complexity index is 540. The molecule has 0 amide bonds. The van der Waals surface area contributed by atoms with E-state index in [-0.39, 0.29) is 6.04 Å². The summed E-state index contributed by atoms with van der Waals surface area (Å²) in [4.78, 5) is 0. The molecule has 0 aliphatic rings. The van der Waals surface area contributed by atoms with Crippen LogP contribution >= 0.6 is 23.2 Å². The van der Waals surface area contributed by atoms with Gasteiger partial charge in [-0.1, -0.05) is 35.9 Å². The summed E-state index contributed by atoms with van der Waals surface area (Å²) in [5.74, 6) is 1.45. The molecule has 0 aliphatic carbocycles. The molecule has 2 nitrogen and oxygen atoms in total. The maximum Gasteiger partial charge on any atom is 0.118 e. The second kappa shape index (κ2) is 8.28. The van der Waals surface area contributed by atoms with Gasteiger partial charge >= 0.3 is 0 Å². The van der Waals surface area contributed by atoms with Crippen LogP contribution in [0.15, 0.2) is 48.5 Å². The fraction of sp³-hybridized carbons (Fsp3) is 0.294. The van der Waals surface area contributed by atoms with Gasteiger partial charge in [-0.25, -0.2) is 0 Å². The van der Waals surface area contributed by atoms with E-state index in [1.54, 1.807) is 7.11 Å². The molecule has 2 aromatic carbocycles. The Hall–Kier alpha value is -1.22. The van der Waals surface area contributed by atoms with Crippen molar-refractivity contribution in [3.8, 4) is 5.75 Å². The van der Waals surface area contributed by atoms with Gasteiger partial charge in [-0.2, -0.15) is 0 Å². The number of ether oxygens (including phenoxy) is 1. The molecule has 112 valence electrons. The van der Waals surface area contributed by atoms with E-state index in [0.717, 1.165) is 23.7 Å². The molecule has 2 rings (SSSR count). The highest BCUT2D eigenvalue weighted by molar-refractivity contribution is 6.30. The number of methoxy groups -OCH3 is 1. The second-order valence-corrected chi connectivity index (χ2v) is 5.61. The fourth-order valence-corrected chi connectivity index (χ4v) is 2.46. The standard InChI is InChI=1S/C17H19Cl2NO/c1-21-16-8-4-14(5-9-16)17(20-11-10-18)12-13-2-6-15(19)7-3-13/h2-9,17,20H,10-12H2,1H3/t17-/m0/s1. The number of alkyl halides is 1. The van der Waals surface area contributed by atoms with Crippen LogP contribution in [0, 0.1) is 0 Å². The normalized spacial score (nSPS) is 12.1. The molecule has 0 radical (unpaired) electrons. The molecule has 1 N–H and O–H groups in total. The zero-order chi connectivity index (χ0) is 15.1. The Morgan fingerprint density at radius 1 is 1.05 bits per heavy atom. The maximum atomic E-state index is 5.94. The Morgan fingerprint density at radius 2 is 1.71 bits per heavy atom. The Balaban J connectivity index is 2.14. The Labute approximate surface area is 136 Å². The summed E-state index contributed by atoms with van der Waals surface area (Å²) >= 11 is 11.7. The largest absolute Gasteiger partial charge is 0.497 e. The second-order valence-electron chi connectivity index (χ2n) is 4.80. The van der Waals surface area contributed by atoms with E-state index in [1.165, 1.54) is 11.1 Å². The third-order valence-corrected chi connectivity index (χ3v) is 3.80. The summed E-state index contributed by atoms with van der Waals surface area (Å²) in [5.41, 5.74) is 2.46. The van der Waals surface area contributed by atoms with Gasteiger partial charge in [0.25, 0.3) is 0 Å². The van der Waals surface area contributed by atoms with Crippen LogP contribution in [0.25, 0.3) is 0 Å². The van der Waals surface area contributed by atoms with E-state index in [9.17, 15) is 0 Å². The molecule has 21 heavy (non-hydrogen) atoms. The number of rotatable bonds is 7. The van der Waals surface area contributed by atoms with Crippen molar-refractivity contribution in [1.82, 2.24) is 5.32 Å². The van der Waals surface area contributed by atoms with E-state index in [2.05, 4.69) is 29.6 Å². The minimum atomic E-state index is 0.218. The van der Waals surface area contributed by atoms with Gasteiger partial charge in [0, 0.05) is 23.5 Å². The summed E-state index contributed by atoms with van der Waals surface area (Å²) in [5, 5.41) is 4.24. The van der Waals surface area contributed by atoms with Gasteiger partial charge < -0.3 is 10.1 Å². The van der Waals surface area contributed by atoms with Gasteiger partial charge in [-0.05, 0) is 41.8 Å². The highest BCUT2D eigenvalue weighted by Crippen LogP contribution is 2.22. The molecule has 0 aliphatic heterocycles. The number of hydrogen-bond acceptors (Lipinski definition) is 2. The van der Waals surface area contributed by atoms with Crippen LogP contribution in [0.5, 0.6) is 5.75 Å². The van der Waals surface area contributed by atoms with Crippen molar-refractivity contribution >= 4 is 23.2 Å². The van der Waals surface area contributed by atoms with E-state index in [4.69, 9.17) is 27.9 Å². The molecule has 0 unspecified atom stereocenters. The number of hydrogen-bond donors (Lipinski definition) is 1. The topological polar surface area (TPSA) is 21.3 Å². The minimum absolute atomic E-state index is 0.218. The molecule has 1 atom stereocenters. The average Bonchev–Trinajstić information content (AvgIpc) is 2.53. The van der Waals surface area contributed by atoms with Gasteiger partial charge in [0.15, 0.2) is 0 Å². The highest BCUT2D eigenvalue weighted by Gasteiger charge is 2.12. The van der Waals surface area contributed by atoms with Crippen LogP contribution in [0.3, 0.4) is 0 Å². The van der Waals surface area contributed by atoms with Crippen LogP contribution in [-0.4, -0.2) is 19.5 Å². The van der Waals surface area contributed by atoms with Gasteiger partial charge in [0.2, 0.25) is 0 Å². The highest BCUT2D eigenvalue weighted by atomic mass is 35.5. The lowest BCUT2D eigenvalue weighted by molar-refractivity contribution is 0.414. The van der Waals surface area contributed by atoms with Crippen molar-refractivity contribution in [2.45, 2.75) is 12.5 Å². The lowest BCUT2D eigenvalue weighted by Crippen LogP contribution is -2.25. The smallest absolute Gasteiger partial charge is 0.118 e. The first-order chi connectivity index (χ1) is 10.2. The quantitative estimate of drug-likeness (QED) is 0.759. The molecule has 0 fully saturated rings. The predicted molar refractivity (Wildman–Crippen MR) is 89.6 cm³/mol. The lowest BCUT2D eigenvalue weighted by atomic mass is 9.99. The van der Waals surface area contributed by atoms with Gasteiger partial charge in [0.05, 0.1) is 7.11 Å². The van der Waals surface area contributed by atoms with Crippen molar-refractivity contribution in [2.75, 3.05) is 19.5 Å². The monoisotopic (exact) mass is 323 g/mol. The van der Waals surface area contributed by atoms with E-state index in [0.29, 0.717) is 5.88 Å². The number of halogens is 2. The first-order valence-corrected chi connectivity index (χ1v) is 7.82. The molecule has 0 saturated heterocycles. The van der Waals surface area contributed by atoms with E-state index in [1.807, 2.05) is 24.3 Å². The van der Waals surface area contributed by atoms with Crippen LogP contribution in [0.1, 0.15) is 17.2 Å². The summed E-state index contributed by atoms with van der Waals surface area (Å²) in [6.07, 6.45) is 0.889. The fourth-order valence-electron chi connectivity index (χ4n) is 2.23. The molecule has 0 bridgehead atoms. The van der Waals surface area contributed by atoms with Gasteiger partial charge in [-0.15, -0.1) is 11.6 Å². The van der Waals surface area contributed by atoms with Gasteiger partial charge in [0.1, 0.15) is 5.75 Å². The summed E-state index contributed by atoms with van der Waals surface area (Å²) < 4.78 is 5.21. The predicted octanol–water partition coefficient (Wildman–Crippen LogP) is 4.46. The summed E-state index contributed by atoms with van der Waals surface area (Å²) in [7, 11) is 1.67. The average molecular weight is 324 g/mol. The minimum Gasteiger partial charge on any atom is -0.497 e. The zero-order valence-electron chi connectivity index (χ0n) is 12.0. The molecule has 4 heteroatoms. The van der Waals surface area contributed by atoms with Crippen LogP contribution in [0.4, 0.5) is 0 Å². The summed E-state index contributed by atoms with van der Waals surface area (Å²) in [6, 6.07) is 16.3. The maximum absolute atomic E-state index is 5.94. The first-order valence-electron chi connectivity index (χ1n) is 6.90. The third kappa shape index (κ3) is 4.92. The van der Waals surface area contributed by atoms with Crippen LogP contribution < -0.4 is 10.1 Å². The van der Waals surface area contributed by atoms with Crippen LogP contribution in [-0.2, 0) is 6.42 Å². The van der Waals surface area contributed by atoms with Gasteiger partial charge in [-0.3, -0.25) is 0 Å². The Morgan fingerprint density at radius 3 is 2.29 bits per heavy atom. The van der Waals surface area contributed by atoms with Crippen molar-refractivity contribution in [2.24, 2.45) is 0 Å². The molecule has 0 spiro atoms. The van der Waals surface area contributed by atoms with Crippen molar-refractivity contribution in [1.29, 1.82) is 0 Å². The van der Waals surface area contributed by atoms with Crippen molar-refractivity contribution in [3.05, 3.63) is 64.7 Å². The number of benzene rings is 2. The molecular formula is C17H19Cl2NO. The van der Waals surface area contributed by atoms with Crippen molar-refractivity contribution in [3.63, 3.8) is 0 Å². The zero-order valence-corrected chi connectivity index (χ0v) is 13.5. The molecule has 0 aromatic heterocycles. The Kier molecular flexibility index (Phi) is 6.37. The summed E-state index contributed by atoms with van der Waals surface area (Å²) in [6.45, 7) is 0.770. The lowest BCUT2D eigenvalue weighted by Gasteiger charge is -2.19. The number of nitrogens with one attached hydrogen (secondary N) is 1. The molecule has 0 heterocycles. The third-order valence-electron chi connectivity index (χ3n) is 3.36. The van der Waals surface area contributed by atoms with Crippen LogP contribution in [0.2, 0.25) is 5.02 Å². The molecule has 0 saturated carbocycles. The van der Waals surface area contributed by atoms with Crippen molar-refractivity contribution < 1.29 is 4.74 Å². The van der Waals surface area contributed by atoms with E-state index >= 15 is 0 Å². The van der Waals surface area contributed by atoms with E-state index < -0.39 is 0 Å². The first kappa shape index (κ1) is 16.2. The SMILES string of the molecule is COc1ccc([C@H](Cc2ccc(Cl)cc2)NCCCl)cc1.